The Hall–Kier alpha value is -3.76. The number of anilines is 3. The number of aromatic nitrogens is 3. The van der Waals surface area contributed by atoms with E-state index in [4.69, 9.17) is 10.5 Å². The standard InChI is InChI=1S/C17H19N7O4/c1-17(2)13(26)24(16(27)23-17)8-12(25)28-9-11-20-14(18)22-15(21-11)19-10-6-4-3-5-7-10/h3-7H,8-9H2,1-2H3,(H,23,27)(H3,18,19,20,21,22). The van der Waals surface area contributed by atoms with E-state index in [1.165, 1.54) is 0 Å². The highest BCUT2D eigenvalue weighted by molar-refractivity contribution is 6.08. The first-order valence-electron chi connectivity index (χ1n) is 8.37. The van der Waals surface area contributed by atoms with E-state index >= 15 is 0 Å². The lowest BCUT2D eigenvalue weighted by Gasteiger charge is -2.15. The number of carbonyl (C=O) groups is 3. The minimum atomic E-state index is -1.06. The molecule has 4 N–H and O–H groups in total. The zero-order valence-corrected chi connectivity index (χ0v) is 15.3. The second-order valence-corrected chi connectivity index (χ2v) is 6.53. The van der Waals surface area contributed by atoms with Crippen molar-refractivity contribution in [1.29, 1.82) is 0 Å². The van der Waals surface area contributed by atoms with Gasteiger partial charge in [-0.15, -0.1) is 0 Å². The van der Waals surface area contributed by atoms with Crippen molar-refractivity contribution < 1.29 is 19.1 Å². The van der Waals surface area contributed by atoms with Crippen LogP contribution in [0.1, 0.15) is 19.7 Å². The molecule has 1 aliphatic rings. The van der Waals surface area contributed by atoms with Crippen molar-refractivity contribution >= 4 is 35.5 Å². The molecule has 0 saturated carbocycles. The number of carbonyl (C=O) groups excluding carboxylic acids is 3. The number of hydrogen-bond donors (Lipinski definition) is 3. The number of esters is 1. The second-order valence-electron chi connectivity index (χ2n) is 6.53. The molecule has 3 rings (SSSR count). The summed E-state index contributed by atoms with van der Waals surface area (Å²) in [5.74, 6) is -1.02. The number of nitrogens with one attached hydrogen (secondary N) is 2. The Morgan fingerprint density at radius 1 is 1.21 bits per heavy atom. The highest BCUT2D eigenvalue weighted by Crippen LogP contribution is 2.16. The summed E-state index contributed by atoms with van der Waals surface area (Å²) in [4.78, 5) is 48.7. The van der Waals surface area contributed by atoms with E-state index in [1.54, 1.807) is 13.8 Å². The molecule has 146 valence electrons. The smallest absolute Gasteiger partial charge is 0.326 e. The molecule has 0 atom stereocenters. The van der Waals surface area contributed by atoms with Gasteiger partial charge in [0.25, 0.3) is 5.91 Å². The third-order valence-corrected chi connectivity index (χ3v) is 3.82. The lowest BCUT2D eigenvalue weighted by Crippen LogP contribution is -2.41. The molecule has 0 aliphatic carbocycles. The largest absolute Gasteiger partial charge is 0.456 e. The number of imide groups is 1. The molecule has 1 aliphatic heterocycles. The molecular formula is C17H19N7O4. The maximum absolute atomic E-state index is 12.1. The average molecular weight is 385 g/mol. The van der Waals surface area contributed by atoms with Crippen LogP contribution in [0.25, 0.3) is 0 Å². The van der Waals surface area contributed by atoms with Crippen LogP contribution in [0.3, 0.4) is 0 Å². The summed E-state index contributed by atoms with van der Waals surface area (Å²) < 4.78 is 5.07. The maximum Gasteiger partial charge on any atom is 0.326 e. The Labute approximate surface area is 160 Å². The van der Waals surface area contributed by atoms with Crippen molar-refractivity contribution in [2.75, 3.05) is 17.6 Å². The molecule has 1 aromatic heterocycles. The number of nitrogen functional groups attached to an aromatic ring is 1. The van der Waals surface area contributed by atoms with Crippen molar-refractivity contribution in [3.05, 3.63) is 36.2 Å². The van der Waals surface area contributed by atoms with E-state index in [9.17, 15) is 14.4 Å². The molecule has 0 spiro atoms. The number of benzene rings is 1. The molecule has 1 fully saturated rings. The Kier molecular flexibility index (Phi) is 5.07. The van der Waals surface area contributed by atoms with E-state index in [0.717, 1.165) is 10.6 Å². The summed E-state index contributed by atoms with van der Waals surface area (Å²) in [6.07, 6.45) is 0. The van der Waals surface area contributed by atoms with E-state index < -0.39 is 30.0 Å². The van der Waals surface area contributed by atoms with Crippen LogP contribution >= 0.6 is 0 Å². The summed E-state index contributed by atoms with van der Waals surface area (Å²) in [5.41, 5.74) is 5.36. The zero-order valence-electron chi connectivity index (χ0n) is 15.3. The fourth-order valence-electron chi connectivity index (χ4n) is 2.49. The van der Waals surface area contributed by atoms with Crippen LogP contribution in [0, 0.1) is 0 Å². The van der Waals surface area contributed by atoms with Crippen LogP contribution in [0.5, 0.6) is 0 Å². The minimum absolute atomic E-state index is 0.0460. The molecule has 11 nitrogen and oxygen atoms in total. The topological polar surface area (TPSA) is 152 Å². The quantitative estimate of drug-likeness (QED) is 0.478. The van der Waals surface area contributed by atoms with Gasteiger partial charge in [-0.05, 0) is 26.0 Å². The molecule has 0 bridgehead atoms. The summed E-state index contributed by atoms with van der Waals surface area (Å²) in [7, 11) is 0. The van der Waals surface area contributed by atoms with Gasteiger partial charge in [0, 0.05) is 5.69 Å². The lowest BCUT2D eigenvalue weighted by molar-refractivity contribution is -0.148. The first-order chi connectivity index (χ1) is 13.2. The summed E-state index contributed by atoms with van der Waals surface area (Å²) in [5, 5.41) is 5.45. The molecule has 2 heterocycles. The first kappa shape index (κ1) is 19.0. The van der Waals surface area contributed by atoms with E-state index in [1.807, 2.05) is 30.3 Å². The molecule has 11 heteroatoms. The number of nitrogens with two attached hydrogens (primary N) is 1. The summed E-state index contributed by atoms with van der Waals surface area (Å²) in [6.45, 7) is 2.30. The Bertz CT molecular complexity index is 917. The number of ether oxygens (including phenoxy) is 1. The second kappa shape index (κ2) is 7.47. The van der Waals surface area contributed by atoms with Gasteiger partial charge in [0.15, 0.2) is 12.4 Å². The molecule has 2 aromatic rings. The van der Waals surface area contributed by atoms with Crippen molar-refractivity contribution in [3.8, 4) is 0 Å². The summed E-state index contributed by atoms with van der Waals surface area (Å²) >= 11 is 0. The van der Waals surface area contributed by atoms with Gasteiger partial charge >= 0.3 is 12.0 Å². The molecular weight excluding hydrogens is 366 g/mol. The van der Waals surface area contributed by atoms with Crippen molar-refractivity contribution in [1.82, 2.24) is 25.2 Å². The molecule has 1 aromatic carbocycles. The number of urea groups is 1. The van der Waals surface area contributed by atoms with Crippen molar-refractivity contribution in [2.45, 2.75) is 26.0 Å². The number of hydrogen-bond acceptors (Lipinski definition) is 9. The average Bonchev–Trinajstić information content (AvgIpc) is 2.82. The Balaban J connectivity index is 1.60. The van der Waals surface area contributed by atoms with Crippen LogP contribution in [-0.2, 0) is 20.9 Å². The van der Waals surface area contributed by atoms with Crippen LogP contribution in [0.4, 0.5) is 22.4 Å². The van der Waals surface area contributed by atoms with Crippen LogP contribution in [-0.4, -0.2) is 49.8 Å². The third kappa shape index (κ3) is 4.31. The van der Waals surface area contributed by atoms with E-state index in [0.29, 0.717) is 0 Å². The van der Waals surface area contributed by atoms with Gasteiger partial charge < -0.3 is 21.1 Å². The fourth-order valence-corrected chi connectivity index (χ4v) is 2.49. The number of nitrogens with zero attached hydrogens (tertiary/aromatic N) is 4. The van der Waals surface area contributed by atoms with Gasteiger partial charge in [0.2, 0.25) is 11.9 Å². The normalized spacial score (nSPS) is 15.3. The minimum Gasteiger partial charge on any atom is -0.456 e. The highest BCUT2D eigenvalue weighted by atomic mass is 16.5. The third-order valence-electron chi connectivity index (χ3n) is 3.82. The molecule has 28 heavy (non-hydrogen) atoms. The zero-order chi connectivity index (χ0) is 20.3. The fraction of sp³-hybridized carbons (Fsp3) is 0.294. The maximum atomic E-state index is 12.1. The van der Waals surface area contributed by atoms with Crippen LogP contribution in [0.15, 0.2) is 30.3 Å². The molecule has 0 unspecified atom stereocenters. The van der Waals surface area contributed by atoms with Crippen LogP contribution < -0.4 is 16.4 Å². The van der Waals surface area contributed by atoms with Gasteiger partial charge in [-0.2, -0.15) is 15.0 Å². The molecule has 0 radical (unpaired) electrons. The molecule has 1 saturated heterocycles. The monoisotopic (exact) mass is 385 g/mol. The van der Waals surface area contributed by atoms with Gasteiger partial charge in [0.1, 0.15) is 12.1 Å². The van der Waals surface area contributed by atoms with Crippen molar-refractivity contribution in [2.24, 2.45) is 0 Å². The Morgan fingerprint density at radius 2 is 1.93 bits per heavy atom. The van der Waals surface area contributed by atoms with Gasteiger partial charge in [-0.25, -0.2) is 4.79 Å². The highest BCUT2D eigenvalue weighted by Gasteiger charge is 2.45. The predicted molar refractivity (Wildman–Crippen MR) is 98.1 cm³/mol. The first-order valence-corrected chi connectivity index (χ1v) is 8.37. The van der Waals surface area contributed by atoms with E-state index in [2.05, 4.69) is 25.6 Å². The number of rotatable bonds is 6. The lowest BCUT2D eigenvalue weighted by atomic mass is 10.1. The van der Waals surface area contributed by atoms with Gasteiger partial charge in [-0.3, -0.25) is 14.5 Å². The predicted octanol–water partition coefficient (Wildman–Crippen LogP) is 0.571. The SMILES string of the molecule is CC1(C)NC(=O)N(CC(=O)OCc2nc(N)nc(Nc3ccccc3)n2)C1=O. The number of amides is 3. The number of para-hydroxylation sites is 1. The molecule has 3 amide bonds. The van der Waals surface area contributed by atoms with Crippen molar-refractivity contribution in [3.63, 3.8) is 0 Å². The summed E-state index contributed by atoms with van der Waals surface area (Å²) in [6, 6.07) is 8.54. The van der Waals surface area contributed by atoms with Gasteiger partial charge in [-0.1, -0.05) is 18.2 Å². The van der Waals surface area contributed by atoms with Gasteiger partial charge in [0.05, 0.1) is 0 Å². The van der Waals surface area contributed by atoms with Crippen LogP contribution in [0.2, 0.25) is 0 Å². The Morgan fingerprint density at radius 3 is 2.57 bits per heavy atom. The van der Waals surface area contributed by atoms with E-state index in [-0.39, 0.29) is 24.3 Å².